The Morgan fingerprint density at radius 2 is 2.00 bits per heavy atom. The van der Waals surface area contributed by atoms with Crippen LogP contribution in [0.4, 0.5) is 5.69 Å². The highest BCUT2D eigenvalue weighted by atomic mass is 32.2. The third kappa shape index (κ3) is 4.34. The summed E-state index contributed by atoms with van der Waals surface area (Å²) in [5.74, 6) is -0.529. The summed E-state index contributed by atoms with van der Waals surface area (Å²) >= 11 is 0. The molecule has 6 nitrogen and oxygen atoms in total. The molecule has 0 atom stereocenters. The van der Waals surface area contributed by atoms with Crippen LogP contribution in [0.5, 0.6) is 0 Å². The molecule has 0 spiro atoms. The van der Waals surface area contributed by atoms with E-state index in [1.54, 1.807) is 31.2 Å². The summed E-state index contributed by atoms with van der Waals surface area (Å²) in [6.45, 7) is 2.07. The molecule has 0 aliphatic carbocycles. The van der Waals surface area contributed by atoms with E-state index < -0.39 is 10.0 Å². The van der Waals surface area contributed by atoms with E-state index in [2.05, 4.69) is 10.0 Å². The Morgan fingerprint density at radius 3 is 2.61 bits per heavy atom. The molecule has 0 aliphatic heterocycles. The Hall–Kier alpha value is -1.60. The van der Waals surface area contributed by atoms with E-state index >= 15 is 0 Å². The van der Waals surface area contributed by atoms with Gasteiger partial charge in [0.1, 0.15) is 0 Å². The van der Waals surface area contributed by atoms with Crippen molar-refractivity contribution in [3.8, 4) is 0 Å². The number of nitrogens with one attached hydrogen (secondary N) is 2. The number of hydrogen-bond acceptors (Lipinski definition) is 4. The molecule has 100 valence electrons. The highest BCUT2D eigenvalue weighted by Crippen LogP contribution is 2.09. The minimum absolute atomic E-state index is 0.0441. The smallest absolute Gasteiger partial charge is 0.253 e. The van der Waals surface area contributed by atoms with E-state index in [1.165, 1.54) is 0 Å². The van der Waals surface area contributed by atoms with Gasteiger partial charge in [0.15, 0.2) is 0 Å². The van der Waals surface area contributed by atoms with E-state index in [4.69, 9.17) is 5.73 Å². The van der Waals surface area contributed by atoms with Crippen molar-refractivity contribution in [1.29, 1.82) is 0 Å². The summed E-state index contributed by atoms with van der Waals surface area (Å²) in [5, 5.41) is 2.52. The van der Waals surface area contributed by atoms with Gasteiger partial charge in [-0.3, -0.25) is 4.79 Å². The molecule has 1 amide bonds. The molecule has 0 saturated carbocycles. The summed E-state index contributed by atoms with van der Waals surface area (Å²) in [4.78, 5) is 11.7. The first-order valence-electron chi connectivity index (χ1n) is 5.56. The number of nitrogen functional groups attached to an aromatic ring is 1. The van der Waals surface area contributed by atoms with Crippen LogP contribution >= 0.6 is 0 Å². The van der Waals surface area contributed by atoms with Crippen LogP contribution < -0.4 is 15.8 Å². The van der Waals surface area contributed by atoms with Crippen molar-refractivity contribution in [2.75, 3.05) is 24.6 Å². The van der Waals surface area contributed by atoms with Gasteiger partial charge in [0.05, 0.1) is 11.3 Å². The van der Waals surface area contributed by atoms with Crippen LogP contribution in [-0.4, -0.2) is 33.2 Å². The summed E-state index contributed by atoms with van der Waals surface area (Å²) < 4.78 is 25.0. The lowest BCUT2D eigenvalue weighted by Crippen LogP contribution is -2.34. The molecule has 18 heavy (non-hydrogen) atoms. The van der Waals surface area contributed by atoms with E-state index in [9.17, 15) is 13.2 Å². The molecule has 0 heterocycles. The lowest BCUT2D eigenvalue weighted by molar-refractivity contribution is 0.0957. The normalized spacial score (nSPS) is 11.2. The highest BCUT2D eigenvalue weighted by molar-refractivity contribution is 7.89. The third-order valence-electron chi connectivity index (χ3n) is 2.23. The van der Waals surface area contributed by atoms with Gasteiger partial charge in [-0.05, 0) is 12.1 Å². The number of benzene rings is 1. The van der Waals surface area contributed by atoms with Crippen LogP contribution in [0.2, 0.25) is 0 Å². The average molecular weight is 271 g/mol. The standard InChI is InChI=1S/C11H17N3O3S/c1-2-14-18(16,17)8-7-13-11(15)9-5-3-4-6-10(9)12/h3-6,14H,2,7-8,12H2,1H3,(H,13,15). The van der Waals surface area contributed by atoms with Crippen LogP contribution in [0.1, 0.15) is 17.3 Å². The number of amides is 1. The van der Waals surface area contributed by atoms with Gasteiger partial charge in [-0.2, -0.15) is 0 Å². The van der Waals surface area contributed by atoms with Crippen LogP contribution in [0.25, 0.3) is 0 Å². The van der Waals surface area contributed by atoms with Crippen LogP contribution in [0.15, 0.2) is 24.3 Å². The van der Waals surface area contributed by atoms with Crippen molar-refractivity contribution >= 4 is 21.6 Å². The Kier molecular flexibility index (Phi) is 5.11. The highest BCUT2D eigenvalue weighted by Gasteiger charge is 2.11. The zero-order valence-electron chi connectivity index (χ0n) is 10.1. The Labute approximate surface area is 107 Å². The fraction of sp³-hybridized carbons (Fsp3) is 0.364. The van der Waals surface area contributed by atoms with Gasteiger partial charge in [-0.15, -0.1) is 0 Å². The summed E-state index contributed by atoms with van der Waals surface area (Å²) in [6.07, 6.45) is 0. The number of rotatable bonds is 6. The Morgan fingerprint density at radius 1 is 1.33 bits per heavy atom. The zero-order chi connectivity index (χ0) is 13.6. The van der Waals surface area contributed by atoms with Gasteiger partial charge < -0.3 is 11.1 Å². The zero-order valence-corrected chi connectivity index (χ0v) is 11.0. The molecule has 1 aromatic rings. The van der Waals surface area contributed by atoms with E-state index in [1.807, 2.05) is 0 Å². The maximum absolute atomic E-state index is 11.7. The van der Waals surface area contributed by atoms with Gasteiger partial charge >= 0.3 is 0 Å². The van der Waals surface area contributed by atoms with Gasteiger partial charge in [-0.25, -0.2) is 13.1 Å². The monoisotopic (exact) mass is 271 g/mol. The van der Waals surface area contributed by atoms with Gasteiger partial charge in [0, 0.05) is 18.8 Å². The second-order valence-corrected chi connectivity index (χ2v) is 5.59. The van der Waals surface area contributed by atoms with Gasteiger partial charge in [-0.1, -0.05) is 19.1 Å². The second kappa shape index (κ2) is 6.36. The van der Waals surface area contributed by atoms with Crippen LogP contribution in [-0.2, 0) is 10.0 Å². The number of carbonyl (C=O) groups is 1. The minimum Gasteiger partial charge on any atom is -0.398 e. The average Bonchev–Trinajstić information content (AvgIpc) is 2.29. The Bertz CT molecular complexity index is 514. The van der Waals surface area contributed by atoms with Crippen LogP contribution in [0.3, 0.4) is 0 Å². The van der Waals surface area contributed by atoms with Crippen molar-refractivity contribution in [3.63, 3.8) is 0 Å². The molecular formula is C11H17N3O3S. The van der Waals surface area contributed by atoms with Crippen molar-refractivity contribution in [3.05, 3.63) is 29.8 Å². The molecule has 0 aromatic heterocycles. The molecular weight excluding hydrogens is 254 g/mol. The minimum atomic E-state index is -3.32. The van der Waals surface area contributed by atoms with Crippen molar-refractivity contribution < 1.29 is 13.2 Å². The van der Waals surface area contributed by atoms with Crippen molar-refractivity contribution in [1.82, 2.24) is 10.0 Å². The maximum atomic E-state index is 11.7. The van der Waals surface area contributed by atoms with Gasteiger partial charge in [0.2, 0.25) is 10.0 Å². The molecule has 0 unspecified atom stereocenters. The van der Waals surface area contributed by atoms with Gasteiger partial charge in [0.25, 0.3) is 5.91 Å². The predicted octanol–water partition coefficient (Wildman–Crippen LogP) is -0.0621. The number of anilines is 1. The van der Waals surface area contributed by atoms with E-state index in [0.717, 1.165) is 0 Å². The number of carbonyl (C=O) groups excluding carboxylic acids is 1. The molecule has 0 saturated heterocycles. The maximum Gasteiger partial charge on any atom is 0.253 e. The summed E-state index contributed by atoms with van der Waals surface area (Å²) in [5.41, 5.74) is 6.35. The lowest BCUT2D eigenvalue weighted by Gasteiger charge is -2.08. The molecule has 0 bridgehead atoms. The molecule has 0 aliphatic rings. The Balaban J connectivity index is 2.51. The SMILES string of the molecule is CCNS(=O)(=O)CCNC(=O)c1ccccc1N. The summed E-state index contributed by atoms with van der Waals surface area (Å²) in [7, 11) is -3.32. The van der Waals surface area contributed by atoms with Crippen molar-refractivity contribution in [2.24, 2.45) is 0 Å². The first kappa shape index (κ1) is 14.5. The topological polar surface area (TPSA) is 101 Å². The number of para-hydroxylation sites is 1. The predicted molar refractivity (Wildman–Crippen MR) is 70.7 cm³/mol. The van der Waals surface area contributed by atoms with Crippen LogP contribution in [0, 0.1) is 0 Å². The van der Waals surface area contributed by atoms with Crippen molar-refractivity contribution in [2.45, 2.75) is 6.92 Å². The molecule has 7 heteroatoms. The molecule has 1 rings (SSSR count). The third-order valence-corrected chi connectivity index (χ3v) is 3.70. The molecule has 1 aromatic carbocycles. The molecule has 0 fully saturated rings. The number of hydrogen-bond donors (Lipinski definition) is 3. The fourth-order valence-corrected chi connectivity index (χ4v) is 2.34. The second-order valence-electron chi connectivity index (χ2n) is 3.66. The molecule has 0 radical (unpaired) electrons. The van der Waals surface area contributed by atoms with E-state index in [-0.39, 0.29) is 18.2 Å². The largest absolute Gasteiger partial charge is 0.398 e. The first-order chi connectivity index (χ1) is 8.46. The lowest BCUT2D eigenvalue weighted by atomic mass is 10.2. The fourth-order valence-electron chi connectivity index (χ4n) is 1.39. The van der Waals surface area contributed by atoms with E-state index in [0.29, 0.717) is 17.8 Å². The quantitative estimate of drug-likeness (QED) is 0.631. The number of nitrogens with two attached hydrogens (primary N) is 1. The summed E-state index contributed by atoms with van der Waals surface area (Å²) in [6, 6.07) is 6.62. The number of sulfonamides is 1. The molecule has 4 N–H and O–H groups in total. The first-order valence-corrected chi connectivity index (χ1v) is 7.21.